The van der Waals surface area contributed by atoms with Crippen LogP contribution in [0.3, 0.4) is 0 Å². The van der Waals surface area contributed by atoms with E-state index in [0.717, 1.165) is 17.6 Å². The van der Waals surface area contributed by atoms with Crippen LogP contribution in [0.15, 0.2) is 84.9 Å². The van der Waals surface area contributed by atoms with Crippen molar-refractivity contribution in [2.45, 2.75) is 12.1 Å². The lowest BCUT2D eigenvalue weighted by Crippen LogP contribution is -2.31. The third kappa shape index (κ3) is 3.50. The fourth-order valence-electron chi connectivity index (χ4n) is 3.02. The normalized spacial score (nSPS) is 13.2. The summed E-state index contributed by atoms with van der Waals surface area (Å²) in [6.45, 7) is 2.04. The molecule has 0 aromatic heterocycles. The number of carbonyl (C=O) groups excluding carboxylic acids is 1. The molecule has 0 saturated heterocycles. The Bertz CT molecular complexity index is 776. The molecule has 3 rings (SSSR count). The molecule has 0 heterocycles. The minimum absolute atomic E-state index is 0.621. The topological polar surface area (TPSA) is 26.3 Å². The summed E-state index contributed by atoms with van der Waals surface area (Å²) in [7, 11) is 0.752. The first-order valence-electron chi connectivity index (χ1n) is 8.20. The van der Waals surface area contributed by atoms with Gasteiger partial charge in [-0.2, -0.15) is 0 Å². The molecular formula is C22H21O2P. The second-order valence-electron chi connectivity index (χ2n) is 6.00. The van der Waals surface area contributed by atoms with Crippen LogP contribution in [-0.4, -0.2) is 13.4 Å². The molecule has 0 fully saturated rings. The second-order valence-corrected chi connectivity index (χ2v) is 8.63. The average molecular weight is 348 g/mol. The summed E-state index contributed by atoms with van der Waals surface area (Å²) < 4.78 is 5.26. The van der Waals surface area contributed by atoms with E-state index >= 15 is 0 Å². The number of carbonyl (C=O) groups is 1. The van der Waals surface area contributed by atoms with E-state index in [1.807, 2.05) is 67.6 Å². The Balaban J connectivity index is 2.16. The van der Waals surface area contributed by atoms with E-state index in [1.165, 1.54) is 10.6 Å². The maximum Gasteiger partial charge on any atom is 0.135 e. The van der Waals surface area contributed by atoms with Gasteiger partial charge in [0.05, 0.1) is 12.3 Å². The van der Waals surface area contributed by atoms with Gasteiger partial charge in [0.25, 0.3) is 0 Å². The molecule has 0 spiro atoms. The van der Waals surface area contributed by atoms with Crippen molar-refractivity contribution in [1.29, 1.82) is 0 Å². The summed E-state index contributed by atoms with van der Waals surface area (Å²) >= 11 is 0. The number of methoxy groups -OCH3 is 1. The summed E-state index contributed by atoms with van der Waals surface area (Å²) in [6, 6.07) is 28.4. The molecule has 0 N–H and O–H groups in total. The lowest BCUT2D eigenvalue weighted by Gasteiger charge is -2.34. The highest BCUT2D eigenvalue weighted by Gasteiger charge is 2.37. The maximum absolute atomic E-state index is 12.4. The van der Waals surface area contributed by atoms with Crippen molar-refractivity contribution in [1.82, 2.24) is 0 Å². The number of hydrogen-bond acceptors (Lipinski definition) is 2. The molecule has 1 unspecified atom stereocenters. The third-order valence-electron chi connectivity index (χ3n) is 4.40. The van der Waals surface area contributed by atoms with Gasteiger partial charge >= 0.3 is 0 Å². The predicted molar refractivity (Wildman–Crippen MR) is 105 cm³/mol. The van der Waals surface area contributed by atoms with E-state index in [4.69, 9.17) is 4.74 Å². The number of hydrogen-bond donors (Lipinski definition) is 0. The fraction of sp³-hybridized carbons (Fsp3) is 0.136. The van der Waals surface area contributed by atoms with E-state index in [0.29, 0.717) is 0 Å². The van der Waals surface area contributed by atoms with Crippen molar-refractivity contribution in [3.63, 3.8) is 0 Å². The molecule has 0 amide bonds. The van der Waals surface area contributed by atoms with Gasteiger partial charge in [0.2, 0.25) is 0 Å². The zero-order valence-corrected chi connectivity index (χ0v) is 15.3. The first kappa shape index (κ1) is 17.4. The highest BCUT2D eigenvalue weighted by Crippen LogP contribution is 2.53. The Morgan fingerprint density at radius 2 is 1.28 bits per heavy atom. The van der Waals surface area contributed by atoms with Gasteiger partial charge in [0, 0.05) is 0 Å². The van der Waals surface area contributed by atoms with Crippen LogP contribution in [0.4, 0.5) is 0 Å². The van der Waals surface area contributed by atoms with E-state index < -0.39 is 13.1 Å². The molecule has 3 aromatic rings. The monoisotopic (exact) mass is 348 g/mol. The van der Waals surface area contributed by atoms with Crippen LogP contribution in [-0.2, 0) is 9.95 Å². The Morgan fingerprint density at radius 1 is 0.800 bits per heavy atom. The molecule has 2 nitrogen and oxygen atoms in total. The van der Waals surface area contributed by atoms with Crippen molar-refractivity contribution in [3.05, 3.63) is 90.5 Å². The van der Waals surface area contributed by atoms with Crippen LogP contribution < -0.4 is 15.3 Å². The molecule has 1 atom stereocenters. The van der Waals surface area contributed by atoms with E-state index in [1.54, 1.807) is 7.11 Å². The summed E-state index contributed by atoms with van der Waals surface area (Å²) in [6.07, 6.45) is 1.10. The van der Waals surface area contributed by atoms with Crippen molar-refractivity contribution >= 4 is 24.8 Å². The van der Waals surface area contributed by atoms with E-state index in [2.05, 4.69) is 24.3 Å². The van der Waals surface area contributed by atoms with Gasteiger partial charge in [0.15, 0.2) is 0 Å². The van der Waals surface area contributed by atoms with Crippen molar-refractivity contribution in [2.75, 3.05) is 7.11 Å². The zero-order chi connectivity index (χ0) is 17.7. The lowest BCUT2D eigenvalue weighted by atomic mass is 10.0. The van der Waals surface area contributed by atoms with E-state index in [-0.39, 0.29) is 0 Å². The van der Waals surface area contributed by atoms with Crippen molar-refractivity contribution in [2.24, 2.45) is 0 Å². The number of rotatable bonds is 6. The SMILES string of the molecule is COc1ccc(C(C)(C=O)P(c2ccccc2)c2ccccc2)cc1. The highest BCUT2D eigenvalue weighted by atomic mass is 31.1. The van der Waals surface area contributed by atoms with Gasteiger partial charge in [-0.1, -0.05) is 72.8 Å². The Kier molecular flexibility index (Phi) is 5.31. The molecule has 0 aliphatic carbocycles. The highest BCUT2D eigenvalue weighted by molar-refractivity contribution is 7.74. The molecular weight excluding hydrogens is 327 g/mol. The minimum atomic E-state index is -0.896. The zero-order valence-electron chi connectivity index (χ0n) is 14.4. The maximum atomic E-state index is 12.4. The summed E-state index contributed by atoms with van der Waals surface area (Å²) in [4.78, 5) is 12.4. The number of benzene rings is 3. The van der Waals surface area contributed by atoms with Crippen molar-refractivity contribution in [3.8, 4) is 5.75 Å². The van der Waals surface area contributed by atoms with E-state index in [9.17, 15) is 4.79 Å². The molecule has 25 heavy (non-hydrogen) atoms. The number of ether oxygens (including phenoxy) is 1. The van der Waals surface area contributed by atoms with Crippen LogP contribution >= 0.6 is 7.92 Å². The van der Waals surface area contributed by atoms with Gasteiger partial charge in [-0.3, -0.25) is 0 Å². The lowest BCUT2D eigenvalue weighted by molar-refractivity contribution is -0.109. The van der Waals surface area contributed by atoms with Crippen LogP contribution in [0, 0.1) is 0 Å². The van der Waals surface area contributed by atoms with Crippen molar-refractivity contribution < 1.29 is 9.53 Å². The molecule has 126 valence electrons. The Morgan fingerprint density at radius 3 is 1.68 bits per heavy atom. The third-order valence-corrected chi connectivity index (χ3v) is 7.32. The minimum Gasteiger partial charge on any atom is -0.497 e. The van der Waals surface area contributed by atoms with Crippen LogP contribution in [0.25, 0.3) is 0 Å². The second kappa shape index (κ2) is 7.63. The first-order chi connectivity index (χ1) is 12.2. The Hall–Kier alpha value is -2.44. The summed E-state index contributed by atoms with van der Waals surface area (Å²) in [5.74, 6) is 0.792. The average Bonchev–Trinajstić information content (AvgIpc) is 2.69. The molecule has 0 saturated carbocycles. The predicted octanol–water partition coefficient (Wildman–Crippen LogP) is 4.24. The molecule has 3 heteroatoms. The van der Waals surface area contributed by atoms with Gasteiger partial charge < -0.3 is 9.53 Å². The summed E-state index contributed by atoms with van der Waals surface area (Å²) in [5.41, 5.74) is 1.00. The van der Waals surface area contributed by atoms with Gasteiger partial charge in [-0.15, -0.1) is 0 Å². The molecule has 0 aliphatic heterocycles. The fourth-order valence-corrected chi connectivity index (χ4v) is 5.84. The first-order valence-corrected chi connectivity index (χ1v) is 9.54. The van der Waals surface area contributed by atoms with Gasteiger partial charge in [0.1, 0.15) is 12.0 Å². The van der Waals surface area contributed by atoms with Gasteiger partial charge in [-0.25, -0.2) is 0 Å². The smallest absolute Gasteiger partial charge is 0.135 e. The molecule has 0 radical (unpaired) electrons. The van der Waals surface area contributed by atoms with Gasteiger partial charge in [-0.05, 0) is 43.2 Å². The summed E-state index contributed by atoms with van der Waals surface area (Å²) in [5, 5.41) is 1.76. The molecule has 3 aromatic carbocycles. The van der Waals surface area contributed by atoms with Crippen LogP contribution in [0.1, 0.15) is 12.5 Å². The number of aldehydes is 1. The largest absolute Gasteiger partial charge is 0.497 e. The Labute approximate surface area is 150 Å². The standard InChI is InChI=1S/C22H21O2P/c1-22(17-23,18-13-15-19(24-2)16-14-18)25(20-9-5-3-6-10-20)21-11-7-4-8-12-21/h3-17H,1-2H3. The van der Waals surface area contributed by atoms with Crippen LogP contribution in [0.2, 0.25) is 0 Å². The molecule has 0 bridgehead atoms. The molecule has 0 aliphatic rings. The quantitative estimate of drug-likeness (QED) is 0.492. The van der Waals surface area contributed by atoms with Crippen LogP contribution in [0.5, 0.6) is 5.75 Å².